The molecule has 2 atom stereocenters. The normalized spacial score (nSPS) is 21.5. The lowest BCUT2D eigenvalue weighted by molar-refractivity contribution is -0.124. The van der Waals surface area contributed by atoms with Crippen molar-refractivity contribution in [2.75, 3.05) is 12.0 Å². The predicted octanol–water partition coefficient (Wildman–Crippen LogP) is 2.77. The fraction of sp³-hybridized carbons (Fsp3) is 0.562. The lowest BCUT2D eigenvalue weighted by atomic mass is 10.0. The van der Waals surface area contributed by atoms with Gasteiger partial charge in [0.05, 0.1) is 5.75 Å². The monoisotopic (exact) mass is 343 g/mol. The average Bonchev–Trinajstić information content (AvgIpc) is 3.16. The lowest BCUT2D eigenvalue weighted by Crippen LogP contribution is -2.45. The molecule has 0 spiro atoms. The maximum absolute atomic E-state index is 12.3. The Labute approximate surface area is 137 Å². The summed E-state index contributed by atoms with van der Waals surface area (Å²) in [4.78, 5) is 12.3. The van der Waals surface area contributed by atoms with Gasteiger partial charge < -0.3 is 5.32 Å². The molecule has 1 aromatic carbocycles. The van der Waals surface area contributed by atoms with Gasteiger partial charge in [0.15, 0.2) is 0 Å². The molecule has 2 rings (SSSR count). The largest absolute Gasteiger partial charge is 0.351 e. The predicted molar refractivity (Wildman–Crippen MR) is 88.8 cm³/mol. The summed E-state index contributed by atoms with van der Waals surface area (Å²) in [6.45, 7) is 3.70. The van der Waals surface area contributed by atoms with Crippen molar-refractivity contribution >= 4 is 27.3 Å². The topological polar surface area (TPSA) is 63.2 Å². The van der Waals surface area contributed by atoms with Gasteiger partial charge in [-0.15, -0.1) is 0 Å². The van der Waals surface area contributed by atoms with E-state index in [-0.39, 0.29) is 23.5 Å². The Bertz CT molecular complexity index is 670. The molecule has 0 aliphatic heterocycles. The fourth-order valence-electron chi connectivity index (χ4n) is 2.53. The van der Waals surface area contributed by atoms with E-state index in [0.717, 1.165) is 12.0 Å². The number of carbonyl (C=O) groups is 1. The number of carbonyl (C=O) groups excluding carboxylic acids is 1. The second kappa shape index (κ2) is 6.20. The van der Waals surface area contributed by atoms with Crippen LogP contribution >= 0.6 is 11.6 Å². The number of sulfone groups is 1. The molecular weight excluding hydrogens is 322 g/mol. The molecule has 1 N–H and O–H groups in total. The molecule has 0 aromatic heterocycles. The van der Waals surface area contributed by atoms with Gasteiger partial charge >= 0.3 is 0 Å². The van der Waals surface area contributed by atoms with Crippen molar-refractivity contribution < 1.29 is 13.2 Å². The highest BCUT2D eigenvalue weighted by Crippen LogP contribution is 2.49. The maximum atomic E-state index is 12.3. The molecule has 0 radical (unpaired) electrons. The number of nitrogens with one attached hydrogen (secondary N) is 1. The molecule has 1 aliphatic carbocycles. The molecule has 1 amide bonds. The SMILES string of the molecule is CC(C)(CCS(C)(=O)=O)NC(=O)C1CC1c1ccccc1Cl. The summed E-state index contributed by atoms with van der Waals surface area (Å²) < 4.78 is 22.5. The van der Waals surface area contributed by atoms with Crippen molar-refractivity contribution in [2.24, 2.45) is 5.92 Å². The van der Waals surface area contributed by atoms with Gasteiger partial charge in [-0.2, -0.15) is 0 Å². The Balaban J connectivity index is 1.93. The van der Waals surface area contributed by atoms with E-state index in [0.29, 0.717) is 11.4 Å². The van der Waals surface area contributed by atoms with E-state index in [1.54, 1.807) is 0 Å². The number of amides is 1. The van der Waals surface area contributed by atoms with Crippen molar-refractivity contribution in [2.45, 2.75) is 38.1 Å². The molecule has 0 bridgehead atoms. The first-order valence-corrected chi connectivity index (χ1v) is 9.77. The van der Waals surface area contributed by atoms with E-state index in [2.05, 4.69) is 5.32 Å². The smallest absolute Gasteiger partial charge is 0.224 e. The highest BCUT2D eigenvalue weighted by Gasteiger charge is 2.45. The average molecular weight is 344 g/mol. The molecule has 2 unspecified atom stereocenters. The Morgan fingerprint density at radius 2 is 2.00 bits per heavy atom. The van der Waals surface area contributed by atoms with Crippen LogP contribution in [0, 0.1) is 5.92 Å². The molecule has 1 fully saturated rings. The molecule has 4 nitrogen and oxygen atoms in total. The zero-order valence-corrected chi connectivity index (χ0v) is 14.7. The van der Waals surface area contributed by atoms with Gasteiger partial charge in [0.1, 0.15) is 9.84 Å². The highest BCUT2D eigenvalue weighted by atomic mass is 35.5. The standard InChI is InChI=1S/C16H22ClNO3S/c1-16(2,8-9-22(3,20)21)18-15(19)13-10-12(13)11-6-4-5-7-14(11)17/h4-7,12-13H,8-10H2,1-3H3,(H,18,19). The van der Waals surface area contributed by atoms with Gasteiger partial charge in [0, 0.05) is 22.7 Å². The minimum absolute atomic E-state index is 0.0246. The zero-order valence-electron chi connectivity index (χ0n) is 13.1. The number of hydrogen-bond acceptors (Lipinski definition) is 3. The summed E-state index contributed by atoms with van der Waals surface area (Å²) in [7, 11) is -3.03. The second-order valence-corrected chi connectivity index (χ2v) is 9.39. The minimum Gasteiger partial charge on any atom is -0.351 e. The Kier molecular flexibility index (Phi) is 4.87. The summed E-state index contributed by atoms with van der Waals surface area (Å²) >= 11 is 6.16. The Morgan fingerprint density at radius 3 is 2.59 bits per heavy atom. The van der Waals surface area contributed by atoms with E-state index in [9.17, 15) is 13.2 Å². The van der Waals surface area contributed by atoms with E-state index in [1.165, 1.54) is 6.26 Å². The van der Waals surface area contributed by atoms with Crippen LogP contribution < -0.4 is 5.32 Å². The third-order valence-electron chi connectivity index (χ3n) is 3.99. The lowest BCUT2D eigenvalue weighted by Gasteiger charge is -2.26. The first-order valence-electron chi connectivity index (χ1n) is 7.33. The molecule has 22 heavy (non-hydrogen) atoms. The third kappa shape index (κ3) is 4.71. The van der Waals surface area contributed by atoms with Crippen LogP contribution in [0.25, 0.3) is 0 Å². The van der Waals surface area contributed by atoms with Gasteiger partial charge in [-0.3, -0.25) is 4.79 Å². The fourth-order valence-corrected chi connectivity index (χ4v) is 3.69. The molecular formula is C16H22ClNO3S. The van der Waals surface area contributed by atoms with E-state index in [4.69, 9.17) is 11.6 Å². The highest BCUT2D eigenvalue weighted by molar-refractivity contribution is 7.90. The summed E-state index contributed by atoms with van der Waals surface area (Å²) in [5.41, 5.74) is 0.478. The van der Waals surface area contributed by atoms with Gasteiger partial charge in [0.25, 0.3) is 0 Å². The minimum atomic E-state index is -3.03. The summed E-state index contributed by atoms with van der Waals surface area (Å²) in [6, 6.07) is 7.58. The van der Waals surface area contributed by atoms with Gasteiger partial charge in [-0.1, -0.05) is 29.8 Å². The number of rotatable bonds is 6. The summed E-state index contributed by atoms with van der Waals surface area (Å²) in [5.74, 6) is 0.138. The first-order chi connectivity index (χ1) is 10.1. The molecule has 1 aliphatic rings. The number of hydrogen-bond donors (Lipinski definition) is 1. The van der Waals surface area contributed by atoms with Crippen LogP contribution in [0.5, 0.6) is 0 Å². The first kappa shape index (κ1) is 17.3. The summed E-state index contributed by atoms with van der Waals surface area (Å²) in [6.07, 6.45) is 2.40. The quantitative estimate of drug-likeness (QED) is 0.863. The molecule has 0 heterocycles. The Hall–Kier alpha value is -1.07. The van der Waals surface area contributed by atoms with Crippen LogP contribution in [0.4, 0.5) is 0 Å². The van der Waals surface area contributed by atoms with Crippen LogP contribution in [-0.4, -0.2) is 31.9 Å². The number of halogens is 1. The van der Waals surface area contributed by atoms with Crippen LogP contribution in [0.1, 0.15) is 38.2 Å². The number of benzene rings is 1. The molecule has 0 saturated heterocycles. The van der Waals surface area contributed by atoms with Crippen molar-refractivity contribution in [1.29, 1.82) is 0 Å². The second-order valence-electron chi connectivity index (χ2n) is 6.72. The zero-order chi connectivity index (χ0) is 16.5. The summed E-state index contributed by atoms with van der Waals surface area (Å²) in [5, 5.41) is 3.66. The van der Waals surface area contributed by atoms with E-state index < -0.39 is 15.4 Å². The molecule has 1 aromatic rings. The molecule has 122 valence electrons. The Morgan fingerprint density at radius 1 is 1.36 bits per heavy atom. The van der Waals surface area contributed by atoms with Crippen molar-refractivity contribution in [3.8, 4) is 0 Å². The van der Waals surface area contributed by atoms with Gasteiger partial charge in [-0.05, 0) is 44.2 Å². The van der Waals surface area contributed by atoms with Crippen LogP contribution in [0.3, 0.4) is 0 Å². The van der Waals surface area contributed by atoms with Crippen LogP contribution in [0.2, 0.25) is 5.02 Å². The van der Waals surface area contributed by atoms with Crippen molar-refractivity contribution in [3.63, 3.8) is 0 Å². The van der Waals surface area contributed by atoms with Crippen LogP contribution in [-0.2, 0) is 14.6 Å². The van der Waals surface area contributed by atoms with Crippen LogP contribution in [0.15, 0.2) is 24.3 Å². The van der Waals surface area contributed by atoms with E-state index >= 15 is 0 Å². The van der Waals surface area contributed by atoms with E-state index in [1.807, 2.05) is 38.1 Å². The van der Waals surface area contributed by atoms with Gasteiger partial charge in [0.2, 0.25) is 5.91 Å². The van der Waals surface area contributed by atoms with Gasteiger partial charge in [-0.25, -0.2) is 8.42 Å². The maximum Gasteiger partial charge on any atom is 0.224 e. The van der Waals surface area contributed by atoms with Crippen molar-refractivity contribution in [3.05, 3.63) is 34.9 Å². The third-order valence-corrected chi connectivity index (χ3v) is 5.28. The molecule has 1 saturated carbocycles. The molecule has 6 heteroatoms. The van der Waals surface area contributed by atoms with Crippen molar-refractivity contribution in [1.82, 2.24) is 5.32 Å².